The molecule has 1 amide bonds. The molecule has 0 saturated heterocycles. The second-order valence-corrected chi connectivity index (χ2v) is 6.26. The maximum absolute atomic E-state index is 12.1. The van der Waals surface area contributed by atoms with E-state index < -0.39 is 0 Å². The van der Waals surface area contributed by atoms with Gasteiger partial charge in [-0.15, -0.1) is 0 Å². The van der Waals surface area contributed by atoms with Gasteiger partial charge >= 0.3 is 0 Å². The van der Waals surface area contributed by atoms with Crippen LogP contribution in [0.25, 0.3) is 0 Å². The Balaban J connectivity index is 1.65. The van der Waals surface area contributed by atoms with Gasteiger partial charge in [-0.3, -0.25) is 4.79 Å². The lowest BCUT2D eigenvalue weighted by Gasteiger charge is -2.15. The summed E-state index contributed by atoms with van der Waals surface area (Å²) in [7, 11) is 0. The van der Waals surface area contributed by atoms with Gasteiger partial charge in [0.25, 0.3) is 5.91 Å². The molecule has 3 rings (SSSR count). The molecule has 2 fully saturated rings. The highest BCUT2D eigenvalue weighted by molar-refractivity contribution is 9.10. The number of aromatic nitrogens is 1. The van der Waals surface area contributed by atoms with Crippen LogP contribution in [0.1, 0.15) is 36.0 Å². The third-order valence-electron chi connectivity index (χ3n) is 4.06. The summed E-state index contributed by atoms with van der Waals surface area (Å²) in [5.41, 5.74) is 6.59. The van der Waals surface area contributed by atoms with Crippen LogP contribution in [0.4, 0.5) is 5.82 Å². The predicted octanol–water partition coefficient (Wildman–Crippen LogP) is 2.35. The number of pyridine rings is 1. The Bertz CT molecular complexity index is 495. The van der Waals surface area contributed by atoms with Gasteiger partial charge in [0.05, 0.1) is 5.56 Å². The highest BCUT2D eigenvalue weighted by Crippen LogP contribution is 2.60. The maximum atomic E-state index is 12.1. The monoisotopic (exact) mass is 309 g/mol. The number of anilines is 1. The lowest BCUT2D eigenvalue weighted by atomic mass is 10.0. The Labute approximate surface area is 114 Å². The zero-order chi connectivity index (χ0) is 12.8. The normalized spacial score (nSPS) is 20.5. The Morgan fingerprint density at radius 1 is 1.56 bits per heavy atom. The van der Waals surface area contributed by atoms with Crippen molar-refractivity contribution in [1.29, 1.82) is 0 Å². The van der Waals surface area contributed by atoms with Crippen molar-refractivity contribution in [2.24, 2.45) is 11.3 Å². The molecule has 1 heterocycles. The number of rotatable bonds is 4. The van der Waals surface area contributed by atoms with E-state index in [4.69, 9.17) is 5.73 Å². The molecule has 2 aliphatic carbocycles. The second kappa shape index (κ2) is 4.23. The molecule has 18 heavy (non-hydrogen) atoms. The molecule has 0 spiro atoms. The number of nitrogens with one attached hydrogen (secondary N) is 1. The van der Waals surface area contributed by atoms with Crippen molar-refractivity contribution in [3.8, 4) is 0 Å². The van der Waals surface area contributed by atoms with Crippen LogP contribution in [0, 0.1) is 11.3 Å². The van der Waals surface area contributed by atoms with E-state index in [0.717, 1.165) is 12.5 Å². The van der Waals surface area contributed by atoms with Crippen LogP contribution in [0.5, 0.6) is 0 Å². The standard InChI is InChI=1S/C13H16BrN3O/c14-10-6-16-11(15)5-9(10)12(18)17-7-13(3-4-13)8-1-2-8/h5-6,8H,1-4,7H2,(H2,15,16)(H,17,18). The number of halogens is 1. The largest absolute Gasteiger partial charge is 0.384 e. The van der Waals surface area contributed by atoms with Gasteiger partial charge in [-0.05, 0) is 59.0 Å². The number of carbonyl (C=O) groups is 1. The van der Waals surface area contributed by atoms with Crippen LogP contribution in [-0.2, 0) is 0 Å². The van der Waals surface area contributed by atoms with Crippen molar-refractivity contribution < 1.29 is 4.79 Å². The fraction of sp³-hybridized carbons (Fsp3) is 0.538. The van der Waals surface area contributed by atoms with Crippen LogP contribution >= 0.6 is 15.9 Å². The molecule has 1 aromatic rings. The van der Waals surface area contributed by atoms with Gasteiger partial charge in [-0.1, -0.05) is 0 Å². The van der Waals surface area contributed by atoms with Crippen molar-refractivity contribution in [2.75, 3.05) is 12.3 Å². The summed E-state index contributed by atoms with van der Waals surface area (Å²) in [5.74, 6) is 1.15. The van der Waals surface area contributed by atoms with E-state index in [1.165, 1.54) is 25.7 Å². The molecule has 3 N–H and O–H groups in total. The Hall–Kier alpha value is -1.10. The first-order valence-corrected chi connectivity index (χ1v) is 7.09. The topological polar surface area (TPSA) is 68.0 Å². The summed E-state index contributed by atoms with van der Waals surface area (Å²) in [5, 5.41) is 3.04. The first-order valence-electron chi connectivity index (χ1n) is 6.30. The Kier molecular flexibility index (Phi) is 2.81. The van der Waals surface area contributed by atoms with Crippen LogP contribution in [-0.4, -0.2) is 17.4 Å². The summed E-state index contributed by atoms with van der Waals surface area (Å²) in [6.45, 7) is 0.797. The minimum Gasteiger partial charge on any atom is -0.384 e. The van der Waals surface area contributed by atoms with Crippen molar-refractivity contribution in [3.63, 3.8) is 0 Å². The van der Waals surface area contributed by atoms with E-state index in [1.54, 1.807) is 12.3 Å². The lowest BCUT2D eigenvalue weighted by molar-refractivity contribution is 0.0942. The molecule has 4 nitrogen and oxygen atoms in total. The van der Waals surface area contributed by atoms with E-state index >= 15 is 0 Å². The van der Waals surface area contributed by atoms with Gasteiger partial charge in [0.2, 0.25) is 0 Å². The first-order chi connectivity index (χ1) is 8.61. The number of carbonyl (C=O) groups excluding carboxylic acids is 1. The second-order valence-electron chi connectivity index (χ2n) is 5.41. The van der Waals surface area contributed by atoms with E-state index in [-0.39, 0.29) is 5.91 Å². The van der Waals surface area contributed by atoms with Crippen molar-refractivity contribution >= 4 is 27.7 Å². The average molecular weight is 310 g/mol. The van der Waals surface area contributed by atoms with Crippen LogP contribution in [0.2, 0.25) is 0 Å². The summed E-state index contributed by atoms with van der Waals surface area (Å²) in [4.78, 5) is 16.0. The zero-order valence-electron chi connectivity index (χ0n) is 10.1. The van der Waals surface area contributed by atoms with Gasteiger partial charge in [-0.2, -0.15) is 0 Å². The maximum Gasteiger partial charge on any atom is 0.252 e. The number of nitrogens with zero attached hydrogens (tertiary/aromatic N) is 1. The zero-order valence-corrected chi connectivity index (χ0v) is 11.7. The van der Waals surface area contributed by atoms with Crippen molar-refractivity contribution in [2.45, 2.75) is 25.7 Å². The fourth-order valence-electron chi connectivity index (χ4n) is 2.57. The number of amides is 1. The van der Waals surface area contributed by atoms with Gasteiger partial charge in [0, 0.05) is 17.2 Å². The summed E-state index contributed by atoms with van der Waals surface area (Å²) >= 11 is 3.33. The molecule has 0 bridgehead atoms. The molecule has 0 aromatic carbocycles. The highest BCUT2D eigenvalue weighted by Gasteiger charge is 2.53. The molecule has 2 saturated carbocycles. The molecule has 2 aliphatic rings. The Morgan fingerprint density at radius 3 is 2.89 bits per heavy atom. The van der Waals surface area contributed by atoms with Crippen molar-refractivity contribution in [3.05, 3.63) is 22.3 Å². The summed E-state index contributed by atoms with van der Waals surface area (Å²) in [6, 6.07) is 1.61. The molecule has 5 heteroatoms. The van der Waals surface area contributed by atoms with Gasteiger partial charge in [0.15, 0.2) is 0 Å². The van der Waals surface area contributed by atoms with E-state index in [9.17, 15) is 4.79 Å². The van der Waals surface area contributed by atoms with Crippen LogP contribution in [0.3, 0.4) is 0 Å². The molecule has 1 aromatic heterocycles. The average Bonchev–Trinajstić information content (AvgIpc) is 3.21. The molecule has 0 atom stereocenters. The Morgan fingerprint density at radius 2 is 2.28 bits per heavy atom. The molecular formula is C13H16BrN3O. The van der Waals surface area contributed by atoms with E-state index in [2.05, 4.69) is 26.2 Å². The third kappa shape index (κ3) is 2.23. The fourth-order valence-corrected chi connectivity index (χ4v) is 2.96. The molecule has 0 aliphatic heterocycles. The smallest absolute Gasteiger partial charge is 0.252 e. The summed E-state index contributed by atoms with van der Waals surface area (Å²) in [6.07, 6.45) is 6.76. The predicted molar refractivity (Wildman–Crippen MR) is 73.1 cm³/mol. The summed E-state index contributed by atoms with van der Waals surface area (Å²) < 4.78 is 0.686. The van der Waals surface area contributed by atoms with Gasteiger partial charge in [0.1, 0.15) is 5.82 Å². The van der Waals surface area contributed by atoms with E-state index in [1.807, 2.05) is 0 Å². The number of hydrogen-bond donors (Lipinski definition) is 2. The molecule has 0 unspecified atom stereocenters. The molecule has 96 valence electrons. The van der Waals surface area contributed by atoms with Gasteiger partial charge in [-0.25, -0.2) is 4.98 Å². The molecular weight excluding hydrogens is 294 g/mol. The van der Waals surface area contributed by atoms with Crippen LogP contribution in [0.15, 0.2) is 16.7 Å². The number of nitrogen functional groups attached to an aromatic ring is 1. The number of nitrogens with two attached hydrogens (primary N) is 1. The molecule has 0 radical (unpaired) electrons. The highest BCUT2D eigenvalue weighted by atomic mass is 79.9. The first kappa shape index (κ1) is 12.0. The van der Waals surface area contributed by atoms with Crippen LogP contribution < -0.4 is 11.1 Å². The quantitative estimate of drug-likeness (QED) is 0.897. The minimum atomic E-state index is -0.0668. The number of hydrogen-bond acceptors (Lipinski definition) is 3. The third-order valence-corrected chi connectivity index (χ3v) is 4.69. The minimum absolute atomic E-state index is 0.0668. The van der Waals surface area contributed by atoms with Crippen molar-refractivity contribution in [1.82, 2.24) is 10.3 Å². The SMILES string of the molecule is Nc1cc(C(=O)NCC2(C3CC3)CC2)c(Br)cn1. The lowest BCUT2D eigenvalue weighted by Crippen LogP contribution is -2.31. The van der Waals surface area contributed by atoms with Gasteiger partial charge < -0.3 is 11.1 Å². The van der Waals surface area contributed by atoms with E-state index in [0.29, 0.717) is 21.3 Å².